The highest BCUT2D eigenvalue weighted by molar-refractivity contribution is 7.91. The molecule has 0 aliphatic rings. The van der Waals surface area contributed by atoms with E-state index in [1.165, 1.54) is 6.07 Å². The Hall–Kier alpha value is -2.38. The minimum atomic E-state index is -3.39. The molecule has 0 aliphatic carbocycles. The van der Waals surface area contributed by atoms with Gasteiger partial charge in [0.1, 0.15) is 16.4 Å². The fourth-order valence-corrected chi connectivity index (χ4v) is 3.43. The minimum absolute atomic E-state index is 0.00518. The van der Waals surface area contributed by atoms with Crippen molar-refractivity contribution in [2.45, 2.75) is 38.1 Å². The van der Waals surface area contributed by atoms with Crippen LogP contribution in [0.25, 0.3) is 0 Å². The maximum Gasteiger partial charge on any atom is 0.241 e. The zero-order chi connectivity index (χ0) is 20.0. The van der Waals surface area contributed by atoms with Crippen molar-refractivity contribution < 1.29 is 17.9 Å². The summed E-state index contributed by atoms with van der Waals surface area (Å²) in [5.41, 5.74) is 6.53. The highest BCUT2D eigenvalue weighted by Crippen LogP contribution is 2.30. The Labute approximate surface area is 160 Å². The molecule has 1 amide bonds. The van der Waals surface area contributed by atoms with Crippen LogP contribution >= 0.6 is 0 Å². The molecule has 0 bridgehead atoms. The van der Waals surface area contributed by atoms with Crippen LogP contribution in [0.15, 0.2) is 53.4 Å². The normalized spacial score (nSPS) is 13.6. The van der Waals surface area contributed by atoms with Crippen LogP contribution in [-0.4, -0.2) is 26.1 Å². The van der Waals surface area contributed by atoms with E-state index >= 15 is 0 Å². The number of amides is 1. The van der Waals surface area contributed by atoms with Crippen molar-refractivity contribution in [2.24, 2.45) is 11.7 Å². The summed E-state index contributed by atoms with van der Waals surface area (Å²) in [7, 11) is -3.39. The average Bonchev–Trinajstić information content (AvgIpc) is 2.68. The first-order valence-corrected chi connectivity index (χ1v) is 10.6. The van der Waals surface area contributed by atoms with E-state index in [1.807, 2.05) is 13.8 Å². The zero-order valence-electron chi connectivity index (χ0n) is 15.8. The average molecular weight is 391 g/mol. The molecule has 2 atom stereocenters. The van der Waals surface area contributed by atoms with Gasteiger partial charge < -0.3 is 15.8 Å². The molecule has 146 valence electrons. The molecule has 0 fully saturated rings. The van der Waals surface area contributed by atoms with Crippen molar-refractivity contribution >= 4 is 21.4 Å². The van der Waals surface area contributed by atoms with Crippen LogP contribution in [0.4, 0.5) is 5.69 Å². The van der Waals surface area contributed by atoms with Crippen molar-refractivity contribution in [3.63, 3.8) is 0 Å². The number of carbonyl (C=O) groups is 1. The van der Waals surface area contributed by atoms with Crippen LogP contribution in [0.2, 0.25) is 0 Å². The number of nitrogens with one attached hydrogen (secondary N) is 1. The number of carbonyl (C=O) groups excluding carboxylic acids is 1. The van der Waals surface area contributed by atoms with Gasteiger partial charge in [-0.3, -0.25) is 4.79 Å². The lowest BCUT2D eigenvalue weighted by Gasteiger charge is -2.18. The molecule has 7 heteroatoms. The van der Waals surface area contributed by atoms with Gasteiger partial charge in [0, 0.05) is 5.69 Å². The number of anilines is 1. The SMILES string of the molecule is CCC(C)C(N)C(=O)Nc1ccc(Oc2ccccc2S(=O)(=O)CC)cc1. The first-order valence-electron chi connectivity index (χ1n) is 8.94. The highest BCUT2D eigenvalue weighted by Gasteiger charge is 2.20. The number of hydrogen-bond acceptors (Lipinski definition) is 5. The number of benzene rings is 2. The Kier molecular flexibility index (Phi) is 6.98. The Morgan fingerprint density at radius 1 is 1.11 bits per heavy atom. The number of ether oxygens (including phenoxy) is 1. The third-order valence-corrected chi connectivity index (χ3v) is 6.24. The van der Waals surface area contributed by atoms with Gasteiger partial charge in [-0.2, -0.15) is 0 Å². The number of sulfone groups is 1. The van der Waals surface area contributed by atoms with Crippen LogP contribution in [0, 0.1) is 5.92 Å². The quantitative estimate of drug-likeness (QED) is 0.718. The lowest BCUT2D eigenvalue weighted by Crippen LogP contribution is -2.40. The second kappa shape index (κ2) is 9.01. The van der Waals surface area contributed by atoms with Crippen LogP contribution in [0.3, 0.4) is 0 Å². The van der Waals surface area contributed by atoms with E-state index in [2.05, 4.69) is 5.32 Å². The molecule has 27 heavy (non-hydrogen) atoms. The molecule has 2 unspecified atom stereocenters. The molecule has 0 radical (unpaired) electrons. The summed E-state index contributed by atoms with van der Waals surface area (Å²) in [5.74, 6) is 0.587. The number of hydrogen-bond donors (Lipinski definition) is 2. The summed E-state index contributed by atoms with van der Waals surface area (Å²) in [5, 5.41) is 2.78. The van der Waals surface area contributed by atoms with Crippen LogP contribution in [-0.2, 0) is 14.6 Å². The number of para-hydroxylation sites is 1. The molecule has 2 aromatic rings. The molecule has 2 rings (SSSR count). The summed E-state index contributed by atoms with van der Waals surface area (Å²) in [6.07, 6.45) is 0.821. The second-order valence-corrected chi connectivity index (χ2v) is 8.62. The fourth-order valence-electron chi connectivity index (χ4n) is 2.42. The van der Waals surface area contributed by atoms with Gasteiger partial charge in [0.15, 0.2) is 9.84 Å². The molecule has 0 saturated carbocycles. The van der Waals surface area contributed by atoms with Crippen molar-refractivity contribution in [3.8, 4) is 11.5 Å². The highest BCUT2D eigenvalue weighted by atomic mass is 32.2. The van der Waals surface area contributed by atoms with Crippen LogP contribution < -0.4 is 15.8 Å². The lowest BCUT2D eigenvalue weighted by molar-refractivity contribution is -0.118. The summed E-state index contributed by atoms with van der Waals surface area (Å²) in [4.78, 5) is 12.3. The van der Waals surface area contributed by atoms with Gasteiger partial charge in [-0.25, -0.2) is 8.42 Å². The smallest absolute Gasteiger partial charge is 0.241 e. The molecular weight excluding hydrogens is 364 g/mol. The van der Waals surface area contributed by atoms with Crippen LogP contribution in [0.1, 0.15) is 27.2 Å². The molecule has 0 aromatic heterocycles. The van der Waals surface area contributed by atoms with Gasteiger partial charge in [0.2, 0.25) is 5.91 Å². The first-order chi connectivity index (χ1) is 12.8. The van der Waals surface area contributed by atoms with E-state index in [1.54, 1.807) is 49.4 Å². The van der Waals surface area contributed by atoms with Gasteiger partial charge in [-0.15, -0.1) is 0 Å². The predicted molar refractivity (Wildman–Crippen MR) is 107 cm³/mol. The summed E-state index contributed by atoms with van der Waals surface area (Å²) in [6.45, 7) is 5.51. The Morgan fingerprint density at radius 2 is 1.74 bits per heavy atom. The Bertz CT molecular complexity index is 879. The topological polar surface area (TPSA) is 98.5 Å². The molecular formula is C20H26N2O4S. The van der Waals surface area contributed by atoms with E-state index in [9.17, 15) is 13.2 Å². The Balaban J connectivity index is 2.13. The zero-order valence-corrected chi connectivity index (χ0v) is 16.6. The standard InChI is InChI=1S/C20H26N2O4S/c1-4-14(3)19(21)20(23)22-15-10-12-16(13-11-15)26-17-8-6-7-9-18(17)27(24,25)5-2/h6-14,19H,4-5,21H2,1-3H3,(H,22,23). The largest absolute Gasteiger partial charge is 0.456 e. The van der Waals surface area contributed by atoms with Crippen molar-refractivity contribution in [3.05, 3.63) is 48.5 Å². The summed E-state index contributed by atoms with van der Waals surface area (Å²) in [6, 6.07) is 12.7. The van der Waals surface area contributed by atoms with E-state index in [0.29, 0.717) is 11.4 Å². The van der Waals surface area contributed by atoms with Crippen molar-refractivity contribution in [1.82, 2.24) is 0 Å². The van der Waals surface area contributed by atoms with Crippen molar-refractivity contribution in [1.29, 1.82) is 0 Å². The summed E-state index contributed by atoms with van der Waals surface area (Å²) < 4.78 is 30.1. The van der Waals surface area contributed by atoms with E-state index in [4.69, 9.17) is 10.5 Å². The fraction of sp³-hybridized carbons (Fsp3) is 0.350. The first kappa shape index (κ1) is 20.9. The van der Waals surface area contributed by atoms with Gasteiger partial charge in [0.05, 0.1) is 11.8 Å². The second-order valence-electron chi connectivity index (χ2n) is 6.38. The molecule has 0 heterocycles. The molecule has 0 aliphatic heterocycles. The van der Waals surface area contributed by atoms with Crippen molar-refractivity contribution in [2.75, 3.05) is 11.1 Å². The van der Waals surface area contributed by atoms with Gasteiger partial charge in [-0.1, -0.05) is 39.3 Å². The Morgan fingerprint density at radius 3 is 2.33 bits per heavy atom. The molecule has 3 N–H and O–H groups in total. The lowest BCUT2D eigenvalue weighted by atomic mass is 9.99. The van der Waals surface area contributed by atoms with E-state index < -0.39 is 15.9 Å². The molecule has 6 nitrogen and oxygen atoms in total. The van der Waals surface area contributed by atoms with Gasteiger partial charge in [-0.05, 0) is 42.3 Å². The van der Waals surface area contributed by atoms with E-state index in [-0.39, 0.29) is 28.2 Å². The minimum Gasteiger partial charge on any atom is -0.456 e. The van der Waals surface area contributed by atoms with Gasteiger partial charge >= 0.3 is 0 Å². The van der Waals surface area contributed by atoms with Gasteiger partial charge in [0.25, 0.3) is 0 Å². The third-order valence-electron chi connectivity index (χ3n) is 4.47. The molecule has 2 aromatic carbocycles. The monoisotopic (exact) mass is 390 g/mol. The summed E-state index contributed by atoms with van der Waals surface area (Å²) >= 11 is 0. The van der Waals surface area contributed by atoms with E-state index in [0.717, 1.165) is 6.42 Å². The maximum atomic E-state index is 12.2. The molecule has 0 saturated heterocycles. The number of nitrogens with two attached hydrogens (primary N) is 1. The third kappa shape index (κ3) is 5.30. The predicted octanol–water partition coefficient (Wildman–Crippen LogP) is 3.58. The molecule has 0 spiro atoms. The maximum absolute atomic E-state index is 12.2. The number of rotatable bonds is 8. The van der Waals surface area contributed by atoms with Crippen LogP contribution in [0.5, 0.6) is 11.5 Å².